The van der Waals surface area contributed by atoms with Crippen molar-refractivity contribution in [3.8, 4) is 0 Å². The van der Waals surface area contributed by atoms with Crippen molar-refractivity contribution < 1.29 is 13.2 Å². The molecule has 9 heteroatoms. The van der Waals surface area contributed by atoms with E-state index in [1.807, 2.05) is 0 Å². The third-order valence-electron chi connectivity index (χ3n) is 3.12. The molecule has 4 rings (SSSR count). The van der Waals surface area contributed by atoms with Crippen LogP contribution >= 0.6 is 0 Å². The molecule has 1 aromatic carbocycles. The van der Waals surface area contributed by atoms with Gasteiger partial charge < -0.3 is 0 Å². The van der Waals surface area contributed by atoms with Gasteiger partial charge in [-0.1, -0.05) is 0 Å². The van der Waals surface area contributed by atoms with E-state index in [1.54, 1.807) is 4.40 Å². The maximum absolute atomic E-state index is 12.8. The Labute approximate surface area is 108 Å². The molecule has 0 aliphatic rings. The minimum atomic E-state index is -4.41. The van der Waals surface area contributed by atoms with Crippen LogP contribution in [0.2, 0.25) is 0 Å². The normalized spacial score (nSPS) is 12.8. The first-order valence-corrected chi connectivity index (χ1v) is 5.58. The number of hydrogen-bond acceptors (Lipinski definition) is 4. The Morgan fingerprint density at radius 2 is 1.45 bits per heavy atom. The van der Waals surface area contributed by atoms with Crippen molar-refractivity contribution in [2.75, 3.05) is 0 Å². The van der Waals surface area contributed by atoms with Crippen LogP contribution in [-0.4, -0.2) is 29.2 Å². The summed E-state index contributed by atoms with van der Waals surface area (Å²) in [7, 11) is 0. The van der Waals surface area contributed by atoms with E-state index in [0.29, 0.717) is 22.3 Å². The van der Waals surface area contributed by atoms with Gasteiger partial charge in [0.05, 0.1) is 16.6 Å². The molecule has 6 nitrogen and oxygen atoms in total. The third-order valence-corrected chi connectivity index (χ3v) is 3.12. The first-order valence-electron chi connectivity index (χ1n) is 5.58. The smallest absolute Gasteiger partial charge is 0.277 e. The summed E-state index contributed by atoms with van der Waals surface area (Å²) >= 11 is 0. The molecule has 0 aliphatic heterocycles. The molecule has 0 saturated carbocycles. The maximum atomic E-state index is 12.8. The highest BCUT2D eigenvalue weighted by molar-refractivity contribution is 5.85. The Morgan fingerprint density at radius 1 is 0.850 bits per heavy atom. The summed E-state index contributed by atoms with van der Waals surface area (Å²) in [4.78, 5) is 0. The number of rotatable bonds is 0. The molecule has 3 heterocycles. The fraction of sp³-hybridized carbons (Fsp3) is 0.0909. The van der Waals surface area contributed by atoms with Crippen LogP contribution in [0.25, 0.3) is 22.3 Å². The molecule has 0 radical (unpaired) electrons. The average molecular weight is 278 g/mol. The topological polar surface area (TPSA) is 60.4 Å². The molecule has 0 bridgehead atoms. The first kappa shape index (κ1) is 11.1. The lowest BCUT2D eigenvalue weighted by molar-refractivity contribution is -0.137. The van der Waals surface area contributed by atoms with Gasteiger partial charge in [0.25, 0.3) is 0 Å². The van der Waals surface area contributed by atoms with Gasteiger partial charge in [-0.3, -0.25) is 8.80 Å². The first-order chi connectivity index (χ1) is 9.55. The molecule has 0 spiro atoms. The molecular formula is C11H5F3N6. The van der Waals surface area contributed by atoms with E-state index in [9.17, 15) is 13.2 Å². The molecule has 0 unspecified atom stereocenters. The lowest BCUT2D eigenvalue weighted by Crippen LogP contribution is -2.06. The Kier molecular flexibility index (Phi) is 1.91. The summed E-state index contributed by atoms with van der Waals surface area (Å²) in [6, 6.07) is 3.47. The summed E-state index contributed by atoms with van der Waals surface area (Å²) < 4.78 is 41.5. The molecule has 0 fully saturated rings. The second kappa shape index (κ2) is 3.44. The molecular weight excluding hydrogens is 273 g/mol. The van der Waals surface area contributed by atoms with Gasteiger partial charge in [-0.15, -0.1) is 20.4 Å². The van der Waals surface area contributed by atoms with E-state index in [0.717, 1.165) is 12.1 Å². The lowest BCUT2D eigenvalue weighted by Gasteiger charge is -2.09. The summed E-state index contributed by atoms with van der Waals surface area (Å²) in [6.07, 6.45) is -1.62. The summed E-state index contributed by atoms with van der Waals surface area (Å²) in [5.74, 6) is 0. The number of hydrogen-bond donors (Lipinski definition) is 0. The summed E-state index contributed by atoms with van der Waals surface area (Å²) in [6.45, 7) is 0. The van der Waals surface area contributed by atoms with Crippen molar-refractivity contribution in [3.05, 3.63) is 36.4 Å². The molecule has 20 heavy (non-hydrogen) atoms. The van der Waals surface area contributed by atoms with Gasteiger partial charge in [0.1, 0.15) is 12.7 Å². The van der Waals surface area contributed by atoms with Gasteiger partial charge >= 0.3 is 6.18 Å². The van der Waals surface area contributed by atoms with Crippen LogP contribution in [0.1, 0.15) is 5.56 Å². The Bertz CT molecular complexity index is 951. The van der Waals surface area contributed by atoms with E-state index in [-0.39, 0.29) is 0 Å². The standard InChI is InChI=1S/C11H5F3N6/c12-11(13,14)6-1-2-7-8(3-6)20-5-16-18-10(20)9-17-15-4-19(7)9/h1-5H. The van der Waals surface area contributed by atoms with E-state index in [1.165, 1.54) is 23.1 Å². The second-order valence-corrected chi connectivity index (χ2v) is 4.25. The zero-order valence-electron chi connectivity index (χ0n) is 9.70. The molecule has 0 saturated heterocycles. The van der Waals surface area contributed by atoms with Gasteiger partial charge in [0, 0.05) is 0 Å². The number of benzene rings is 1. The Balaban J connectivity index is 2.25. The van der Waals surface area contributed by atoms with Gasteiger partial charge in [0.15, 0.2) is 0 Å². The molecule has 4 aromatic rings. The predicted molar refractivity (Wildman–Crippen MR) is 62.0 cm³/mol. The van der Waals surface area contributed by atoms with Gasteiger partial charge in [0.2, 0.25) is 11.3 Å². The third kappa shape index (κ3) is 1.34. The van der Waals surface area contributed by atoms with Crippen LogP contribution in [0.15, 0.2) is 30.9 Å². The highest BCUT2D eigenvalue weighted by atomic mass is 19.4. The van der Waals surface area contributed by atoms with Crippen molar-refractivity contribution in [1.29, 1.82) is 0 Å². The predicted octanol–water partition coefficient (Wildman–Crippen LogP) is 1.94. The molecule has 0 amide bonds. The fourth-order valence-corrected chi connectivity index (χ4v) is 2.22. The maximum Gasteiger partial charge on any atom is 0.416 e. The molecule has 0 atom stereocenters. The second-order valence-electron chi connectivity index (χ2n) is 4.25. The van der Waals surface area contributed by atoms with Crippen molar-refractivity contribution >= 4 is 22.3 Å². The monoisotopic (exact) mass is 278 g/mol. The van der Waals surface area contributed by atoms with Crippen molar-refractivity contribution in [2.24, 2.45) is 0 Å². The quantitative estimate of drug-likeness (QED) is 0.493. The average Bonchev–Trinajstić information content (AvgIpc) is 3.05. The van der Waals surface area contributed by atoms with E-state index >= 15 is 0 Å². The van der Waals surface area contributed by atoms with Crippen LogP contribution in [0.4, 0.5) is 13.2 Å². The molecule has 100 valence electrons. The van der Waals surface area contributed by atoms with Gasteiger partial charge in [-0.25, -0.2) is 0 Å². The fourth-order valence-electron chi connectivity index (χ4n) is 2.22. The Morgan fingerprint density at radius 3 is 2.05 bits per heavy atom. The van der Waals surface area contributed by atoms with Crippen LogP contribution < -0.4 is 0 Å². The largest absolute Gasteiger partial charge is 0.416 e. The lowest BCUT2D eigenvalue weighted by atomic mass is 10.2. The minimum Gasteiger partial charge on any atom is -0.277 e. The van der Waals surface area contributed by atoms with Crippen molar-refractivity contribution in [1.82, 2.24) is 29.2 Å². The van der Waals surface area contributed by atoms with Crippen molar-refractivity contribution in [2.45, 2.75) is 6.18 Å². The minimum absolute atomic E-state index is 0.340. The van der Waals surface area contributed by atoms with Crippen LogP contribution in [-0.2, 0) is 6.18 Å². The van der Waals surface area contributed by atoms with Crippen LogP contribution in [0.3, 0.4) is 0 Å². The van der Waals surface area contributed by atoms with Crippen LogP contribution in [0, 0.1) is 0 Å². The highest BCUT2D eigenvalue weighted by Crippen LogP contribution is 2.31. The summed E-state index contributed by atoms with van der Waals surface area (Å²) in [5, 5.41) is 15.3. The van der Waals surface area contributed by atoms with E-state index in [2.05, 4.69) is 20.4 Å². The van der Waals surface area contributed by atoms with E-state index < -0.39 is 11.7 Å². The number of nitrogens with zero attached hydrogens (tertiary/aromatic N) is 6. The molecule has 3 aromatic heterocycles. The van der Waals surface area contributed by atoms with Crippen molar-refractivity contribution in [3.63, 3.8) is 0 Å². The summed E-state index contributed by atoms with van der Waals surface area (Å²) in [5.41, 5.74) is 0.953. The molecule has 0 N–H and O–H groups in total. The number of aromatic nitrogens is 6. The Hall–Kier alpha value is -2.71. The van der Waals surface area contributed by atoms with Crippen LogP contribution in [0.5, 0.6) is 0 Å². The zero-order valence-corrected chi connectivity index (χ0v) is 9.70. The number of fused-ring (bicyclic) bond motifs is 6. The highest BCUT2D eigenvalue weighted by Gasteiger charge is 2.31. The zero-order chi connectivity index (χ0) is 13.9. The SMILES string of the molecule is FC(F)(F)c1ccc2c(c1)n1cnnc1c1nncn21. The van der Waals surface area contributed by atoms with Gasteiger partial charge in [-0.2, -0.15) is 13.2 Å². The number of alkyl halides is 3. The van der Waals surface area contributed by atoms with Gasteiger partial charge in [-0.05, 0) is 18.2 Å². The number of halogens is 3. The van der Waals surface area contributed by atoms with E-state index in [4.69, 9.17) is 0 Å². The molecule has 0 aliphatic carbocycles.